The topological polar surface area (TPSA) is 71.8 Å². The highest BCUT2D eigenvalue weighted by Gasteiger charge is 2.20. The molecule has 6 nitrogen and oxygen atoms in total. The molecule has 1 amide bonds. The molecule has 3 rings (SSSR count). The molecule has 0 saturated heterocycles. The quantitative estimate of drug-likeness (QED) is 0.651. The summed E-state index contributed by atoms with van der Waals surface area (Å²) in [5, 5.41) is 10.5. The molecular weight excluding hydrogens is 357 g/mol. The number of amides is 1. The fourth-order valence-corrected chi connectivity index (χ4v) is 2.83. The van der Waals surface area contributed by atoms with E-state index in [0.29, 0.717) is 23.7 Å². The Balaban J connectivity index is 1.90. The zero-order chi connectivity index (χ0) is 20.1. The van der Waals surface area contributed by atoms with Crippen LogP contribution in [0.25, 0.3) is 5.69 Å². The van der Waals surface area contributed by atoms with Crippen LogP contribution in [0.1, 0.15) is 48.7 Å². The van der Waals surface area contributed by atoms with Gasteiger partial charge >= 0.3 is 0 Å². The van der Waals surface area contributed by atoms with Crippen molar-refractivity contribution in [3.05, 3.63) is 71.6 Å². The number of para-hydroxylation sites is 1. The average Bonchev–Trinajstić information content (AvgIpc) is 3.13. The van der Waals surface area contributed by atoms with Crippen molar-refractivity contribution in [3.63, 3.8) is 0 Å². The first-order chi connectivity index (χ1) is 13.5. The summed E-state index contributed by atoms with van der Waals surface area (Å²) in [6.07, 6.45) is 0. The maximum Gasteiger partial charge on any atom is 0.295 e. The second-order valence-electron chi connectivity index (χ2n) is 6.73. The first kappa shape index (κ1) is 19.7. The summed E-state index contributed by atoms with van der Waals surface area (Å²) in [6.45, 7) is 7.41. The molecule has 28 heavy (non-hydrogen) atoms. The van der Waals surface area contributed by atoms with Gasteiger partial charge in [0.2, 0.25) is 5.82 Å². The van der Waals surface area contributed by atoms with E-state index in [-0.39, 0.29) is 17.6 Å². The zero-order valence-electron chi connectivity index (χ0n) is 16.2. The minimum Gasteiger partial charge on any atom is -0.319 e. The van der Waals surface area contributed by atoms with Gasteiger partial charge in [-0.2, -0.15) is 0 Å². The summed E-state index contributed by atoms with van der Waals surface area (Å²) >= 11 is 0. The summed E-state index contributed by atoms with van der Waals surface area (Å²) in [5.41, 5.74) is 2.22. The van der Waals surface area contributed by atoms with Gasteiger partial charge in [-0.25, -0.2) is 14.1 Å². The van der Waals surface area contributed by atoms with Crippen molar-refractivity contribution in [2.75, 3.05) is 11.9 Å². The lowest BCUT2D eigenvalue weighted by molar-refractivity contribution is 0.101. The first-order valence-corrected chi connectivity index (χ1v) is 9.32. The molecule has 2 aromatic carbocycles. The minimum absolute atomic E-state index is 0.0124. The molecule has 0 unspecified atom stereocenters. The molecule has 146 valence electrons. The predicted octanol–water partition coefficient (Wildman–Crippen LogP) is 3.89. The Morgan fingerprint density at radius 3 is 2.68 bits per heavy atom. The highest BCUT2D eigenvalue weighted by molar-refractivity contribution is 6.02. The van der Waals surface area contributed by atoms with Gasteiger partial charge in [-0.1, -0.05) is 45.0 Å². The summed E-state index contributed by atoms with van der Waals surface area (Å²) in [5.74, 6) is -0.117. The van der Waals surface area contributed by atoms with Gasteiger partial charge in [-0.05, 0) is 36.4 Å². The van der Waals surface area contributed by atoms with E-state index in [1.165, 1.54) is 16.8 Å². The van der Waals surface area contributed by atoms with E-state index in [0.717, 1.165) is 12.1 Å². The number of rotatable bonds is 7. The summed E-state index contributed by atoms with van der Waals surface area (Å²) in [4.78, 5) is 17.2. The van der Waals surface area contributed by atoms with Crippen LogP contribution in [0.15, 0.2) is 48.5 Å². The van der Waals surface area contributed by atoms with Gasteiger partial charge < -0.3 is 10.6 Å². The molecule has 1 heterocycles. The molecule has 2 N–H and O–H groups in total. The Kier molecular flexibility index (Phi) is 6.16. The average molecular weight is 381 g/mol. The number of hydrogen-bond donors (Lipinski definition) is 2. The van der Waals surface area contributed by atoms with Crippen molar-refractivity contribution >= 4 is 11.6 Å². The maximum absolute atomic E-state index is 13.6. The van der Waals surface area contributed by atoms with E-state index in [4.69, 9.17) is 0 Å². The van der Waals surface area contributed by atoms with Crippen molar-refractivity contribution in [2.45, 2.75) is 33.2 Å². The number of nitrogens with one attached hydrogen (secondary N) is 2. The molecule has 0 radical (unpaired) electrons. The van der Waals surface area contributed by atoms with Crippen molar-refractivity contribution in [1.29, 1.82) is 0 Å². The molecule has 0 atom stereocenters. The molecule has 0 aliphatic rings. The van der Waals surface area contributed by atoms with E-state index >= 15 is 0 Å². The van der Waals surface area contributed by atoms with Gasteiger partial charge in [0.05, 0.1) is 5.69 Å². The third-order valence-electron chi connectivity index (χ3n) is 4.24. The van der Waals surface area contributed by atoms with Crippen LogP contribution < -0.4 is 10.6 Å². The number of anilines is 1. The Labute approximate surface area is 163 Å². The summed E-state index contributed by atoms with van der Waals surface area (Å²) < 4.78 is 15.2. The number of hydrogen-bond acceptors (Lipinski definition) is 4. The van der Waals surface area contributed by atoms with Crippen LogP contribution in [-0.2, 0) is 6.54 Å². The fourth-order valence-electron chi connectivity index (χ4n) is 2.83. The normalized spacial score (nSPS) is 11.0. The first-order valence-electron chi connectivity index (χ1n) is 9.32. The maximum atomic E-state index is 13.6. The third kappa shape index (κ3) is 4.43. The minimum atomic E-state index is -0.402. The van der Waals surface area contributed by atoms with Crippen LogP contribution >= 0.6 is 0 Å². The lowest BCUT2D eigenvalue weighted by Crippen LogP contribution is -2.18. The summed E-state index contributed by atoms with van der Waals surface area (Å²) in [6, 6.07) is 13.7. The number of nitrogens with zero attached hydrogens (tertiary/aromatic N) is 3. The number of carbonyl (C=O) groups excluding carboxylic acids is 1. The third-order valence-corrected chi connectivity index (χ3v) is 4.24. The van der Waals surface area contributed by atoms with Crippen LogP contribution in [-0.4, -0.2) is 27.2 Å². The van der Waals surface area contributed by atoms with Gasteiger partial charge in [0.15, 0.2) is 0 Å². The van der Waals surface area contributed by atoms with Gasteiger partial charge in [0.1, 0.15) is 11.6 Å². The van der Waals surface area contributed by atoms with Crippen molar-refractivity contribution in [3.8, 4) is 5.69 Å². The Bertz CT molecular complexity index is 967. The number of aromatic nitrogens is 3. The monoisotopic (exact) mass is 381 g/mol. The lowest BCUT2D eigenvalue weighted by atomic mass is 10.1. The molecule has 0 aliphatic heterocycles. The lowest BCUT2D eigenvalue weighted by Gasteiger charge is -2.10. The number of benzene rings is 2. The van der Waals surface area contributed by atoms with Crippen LogP contribution in [0.2, 0.25) is 0 Å². The van der Waals surface area contributed by atoms with Crippen molar-refractivity contribution < 1.29 is 9.18 Å². The highest BCUT2D eigenvalue weighted by Crippen LogP contribution is 2.20. The molecule has 0 spiro atoms. The van der Waals surface area contributed by atoms with Gasteiger partial charge in [0.25, 0.3) is 5.91 Å². The Morgan fingerprint density at radius 2 is 1.96 bits per heavy atom. The van der Waals surface area contributed by atoms with Crippen LogP contribution in [0.3, 0.4) is 0 Å². The molecule has 3 aromatic rings. The second kappa shape index (κ2) is 8.75. The molecule has 0 saturated carbocycles. The largest absolute Gasteiger partial charge is 0.319 e. The molecular formula is C21H24FN5O. The fraction of sp³-hybridized carbons (Fsp3) is 0.286. The molecule has 0 aliphatic carbocycles. The molecule has 0 bridgehead atoms. The standard InChI is InChI=1S/C21H24FN5O/c1-4-23-13-15-8-5-6-11-18(15)24-21(28)19-25-20(14(2)3)27(26-19)17-10-7-9-16(22)12-17/h5-12,14,23H,4,13H2,1-3H3,(H,24,28). The van der Waals surface area contributed by atoms with Gasteiger partial charge in [-0.3, -0.25) is 4.79 Å². The van der Waals surface area contributed by atoms with E-state index in [1.54, 1.807) is 12.1 Å². The van der Waals surface area contributed by atoms with E-state index in [2.05, 4.69) is 20.7 Å². The van der Waals surface area contributed by atoms with E-state index in [1.807, 2.05) is 45.0 Å². The van der Waals surface area contributed by atoms with Crippen molar-refractivity contribution in [1.82, 2.24) is 20.1 Å². The Hall–Kier alpha value is -3.06. The summed E-state index contributed by atoms with van der Waals surface area (Å²) in [7, 11) is 0. The van der Waals surface area contributed by atoms with E-state index < -0.39 is 5.91 Å². The number of carbonyl (C=O) groups is 1. The second-order valence-corrected chi connectivity index (χ2v) is 6.73. The van der Waals surface area contributed by atoms with E-state index in [9.17, 15) is 9.18 Å². The molecule has 1 aromatic heterocycles. The molecule has 7 heteroatoms. The molecule has 0 fully saturated rings. The van der Waals surface area contributed by atoms with Crippen LogP contribution in [0.5, 0.6) is 0 Å². The van der Waals surface area contributed by atoms with Gasteiger partial charge in [0, 0.05) is 18.2 Å². The Morgan fingerprint density at radius 1 is 1.18 bits per heavy atom. The highest BCUT2D eigenvalue weighted by atomic mass is 19.1. The van der Waals surface area contributed by atoms with Crippen molar-refractivity contribution in [2.24, 2.45) is 0 Å². The predicted molar refractivity (Wildman–Crippen MR) is 107 cm³/mol. The van der Waals surface area contributed by atoms with Crippen LogP contribution in [0.4, 0.5) is 10.1 Å². The van der Waals surface area contributed by atoms with Crippen LogP contribution in [0, 0.1) is 5.82 Å². The number of halogens is 1. The smallest absolute Gasteiger partial charge is 0.295 e. The zero-order valence-corrected chi connectivity index (χ0v) is 16.2. The van der Waals surface area contributed by atoms with Gasteiger partial charge in [-0.15, -0.1) is 5.10 Å². The SMILES string of the molecule is CCNCc1ccccc1NC(=O)c1nc(C(C)C)n(-c2cccc(F)c2)n1.